The second-order valence-corrected chi connectivity index (χ2v) is 6.88. The molecule has 3 N–H and O–H groups in total. The highest BCUT2D eigenvalue weighted by atomic mass is 127. The number of nitrogens with zero attached hydrogens (tertiary/aromatic N) is 1. The summed E-state index contributed by atoms with van der Waals surface area (Å²) < 4.78 is 18.6. The molecule has 27 heavy (non-hydrogen) atoms. The van der Waals surface area contributed by atoms with Gasteiger partial charge in [-0.1, -0.05) is 26.0 Å². The van der Waals surface area contributed by atoms with Gasteiger partial charge in [-0.15, -0.1) is 24.0 Å². The average molecular weight is 495 g/mol. The molecule has 2 unspecified atom stereocenters. The lowest BCUT2D eigenvalue weighted by atomic mass is 9.94. The standard InChI is InChI=1S/C20H34FN3O2.HI/c1-5-22-20(23-13-16(10-11-25)12-15(2)3)24-14-19(26-4)17-6-8-18(21)9-7-17;/h6-9,15-16,19,25H,5,10-14H2,1-4H3,(H2,22,23,24);1H. The molecule has 0 radical (unpaired) electrons. The van der Waals surface area contributed by atoms with E-state index in [4.69, 9.17) is 4.74 Å². The first kappa shape index (κ1) is 26.1. The maximum Gasteiger partial charge on any atom is 0.191 e. The number of aliphatic hydroxyl groups is 1. The third-order valence-corrected chi connectivity index (χ3v) is 4.18. The SMILES string of the molecule is CCNC(=NCC(CCO)CC(C)C)NCC(OC)c1ccc(F)cc1.I. The van der Waals surface area contributed by atoms with E-state index in [0.717, 1.165) is 30.9 Å². The highest BCUT2D eigenvalue weighted by Crippen LogP contribution is 2.17. The van der Waals surface area contributed by atoms with Crippen molar-refractivity contribution in [1.29, 1.82) is 0 Å². The van der Waals surface area contributed by atoms with Gasteiger partial charge in [0, 0.05) is 33.4 Å². The molecule has 0 amide bonds. The van der Waals surface area contributed by atoms with E-state index in [2.05, 4.69) is 29.5 Å². The number of aliphatic hydroxyl groups excluding tert-OH is 1. The molecule has 0 bridgehead atoms. The van der Waals surface area contributed by atoms with E-state index in [1.54, 1.807) is 19.2 Å². The first-order valence-corrected chi connectivity index (χ1v) is 9.41. The first-order chi connectivity index (χ1) is 12.5. The maximum absolute atomic E-state index is 13.1. The Bertz CT molecular complexity index is 526. The van der Waals surface area contributed by atoms with Crippen LogP contribution in [0.2, 0.25) is 0 Å². The highest BCUT2D eigenvalue weighted by molar-refractivity contribution is 14.0. The Kier molecular flexibility index (Phi) is 14.5. The lowest BCUT2D eigenvalue weighted by Crippen LogP contribution is -2.40. The van der Waals surface area contributed by atoms with Gasteiger partial charge in [-0.05, 0) is 49.3 Å². The number of guanidine groups is 1. The summed E-state index contributed by atoms with van der Waals surface area (Å²) in [6.07, 6.45) is 1.61. The van der Waals surface area contributed by atoms with Crippen LogP contribution in [-0.4, -0.2) is 44.4 Å². The number of ether oxygens (including phenoxy) is 1. The van der Waals surface area contributed by atoms with Crippen molar-refractivity contribution in [2.45, 2.75) is 39.7 Å². The summed E-state index contributed by atoms with van der Waals surface area (Å²) in [5.41, 5.74) is 0.912. The van der Waals surface area contributed by atoms with E-state index in [1.807, 2.05) is 6.92 Å². The first-order valence-electron chi connectivity index (χ1n) is 9.41. The highest BCUT2D eigenvalue weighted by Gasteiger charge is 2.13. The number of halogens is 2. The molecule has 1 aromatic rings. The van der Waals surface area contributed by atoms with Gasteiger partial charge < -0.3 is 20.5 Å². The fourth-order valence-corrected chi connectivity index (χ4v) is 2.90. The number of nitrogens with one attached hydrogen (secondary N) is 2. The summed E-state index contributed by atoms with van der Waals surface area (Å²) in [7, 11) is 1.64. The number of benzene rings is 1. The largest absolute Gasteiger partial charge is 0.396 e. The third kappa shape index (κ3) is 10.8. The van der Waals surface area contributed by atoms with Crippen molar-refractivity contribution in [2.24, 2.45) is 16.8 Å². The van der Waals surface area contributed by atoms with Crippen LogP contribution in [0, 0.1) is 17.7 Å². The van der Waals surface area contributed by atoms with Gasteiger partial charge in [0.15, 0.2) is 5.96 Å². The van der Waals surface area contributed by atoms with E-state index >= 15 is 0 Å². The minimum atomic E-state index is -0.258. The molecule has 7 heteroatoms. The van der Waals surface area contributed by atoms with Crippen LogP contribution in [0.15, 0.2) is 29.3 Å². The Morgan fingerprint density at radius 3 is 2.41 bits per heavy atom. The molecule has 2 atom stereocenters. The van der Waals surface area contributed by atoms with E-state index < -0.39 is 0 Å². The van der Waals surface area contributed by atoms with E-state index in [0.29, 0.717) is 24.9 Å². The van der Waals surface area contributed by atoms with Gasteiger partial charge in [-0.25, -0.2) is 4.39 Å². The fraction of sp³-hybridized carbons (Fsp3) is 0.650. The second kappa shape index (κ2) is 15.0. The summed E-state index contributed by atoms with van der Waals surface area (Å²) in [5.74, 6) is 1.41. The van der Waals surface area contributed by atoms with Crippen molar-refractivity contribution in [3.05, 3.63) is 35.6 Å². The maximum atomic E-state index is 13.1. The zero-order chi connectivity index (χ0) is 19.4. The Morgan fingerprint density at radius 1 is 1.22 bits per heavy atom. The van der Waals surface area contributed by atoms with Gasteiger partial charge in [0.1, 0.15) is 5.82 Å². The molecule has 5 nitrogen and oxygen atoms in total. The Labute approximate surface area is 180 Å². The molecule has 0 aromatic heterocycles. The van der Waals surface area contributed by atoms with Gasteiger partial charge in [-0.2, -0.15) is 0 Å². The predicted molar refractivity (Wildman–Crippen MR) is 120 cm³/mol. The second-order valence-electron chi connectivity index (χ2n) is 6.88. The van der Waals surface area contributed by atoms with Crippen LogP contribution in [0.5, 0.6) is 0 Å². The molecule has 0 heterocycles. The van der Waals surface area contributed by atoms with Crippen LogP contribution in [0.25, 0.3) is 0 Å². The van der Waals surface area contributed by atoms with E-state index in [-0.39, 0.29) is 42.5 Å². The topological polar surface area (TPSA) is 65.9 Å². The van der Waals surface area contributed by atoms with Gasteiger partial charge in [0.25, 0.3) is 0 Å². The molecule has 0 spiro atoms. The summed E-state index contributed by atoms with van der Waals surface area (Å²) in [4.78, 5) is 4.67. The molecule has 0 aliphatic carbocycles. The van der Waals surface area contributed by atoms with Gasteiger partial charge in [0.05, 0.1) is 6.10 Å². The predicted octanol–water partition coefficient (Wildman–Crippen LogP) is 3.73. The van der Waals surface area contributed by atoms with Crippen molar-refractivity contribution in [2.75, 3.05) is 33.4 Å². The number of hydrogen-bond donors (Lipinski definition) is 3. The number of hydrogen-bond acceptors (Lipinski definition) is 3. The monoisotopic (exact) mass is 495 g/mol. The normalized spacial score (nSPS) is 13.8. The van der Waals surface area contributed by atoms with Crippen molar-refractivity contribution in [1.82, 2.24) is 10.6 Å². The lowest BCUT2D eigenvalue weighted by molar-refractivity contribution is 0.106. The molecular formula is C20H35FIN3O2. The molecule has 0 saturated carbocycles. The van der Waals surface area contributed by atoms with Crippen molar-refractivity contribution in [3.63, 3.8) is 0 Å². The molecule has 0 aliphatic heterocycles. The molecule has 1 rings (SSSR count). The van der Waals surface area contributed by atoms with Crippen LogP contribution in [0.1, 0.15) is 45.3 Å². The third-order valence-electron chi connectivity index (χ3n) is 4.18. The minimum Gasteiger partial charge on any atom is -0.396 e. The Balaban J connectivity index is 0.00000676. The van der Waals surface area contributed by atoms with Crippen LogP contribution >= 0.6 is 24.0 Å². The Hall–Kier alpha value is -0.930. The van der Waals surface area contributed by atoms with Crippen molar-refractivity contribution < 1.29 is 14.2 Å². The van der Waals surface area contributed by atoms with Crippen LogP contribution in [0.4, 0.5) is 4.39 Å². The summed E-state index contributed by atoms with van der Waals surface area (Å²) in [6, 6.07) is 6.34. The van der Waals surface area contributed by atoms with Gasteiger partial charge in [0.2, 0.25) is 0 Å². The number of aliphatic imine (C=N–C) groups is 1. The van der Waals surface area contributed by atoms with Crippen molar-refractivity contribution >= 4 is 29.9 Å². The van der Waals surface area contributed by atoms with E-state index in [9.17, 15) is 9.50 Å². The van der Waals surface area contributed by atoms with Gasteiger partial charge >= 0.3 is 0 Å². The average Bonchev–Trinajstić information content (AvgIpc) is 2.61. The molecule has 0 saturated heterocycles. The molecule has 1 aromatic carbocycles. The molecule has 0 fully saturated rings. The smallest absolute Gasteiger partial charge is 0.191 e. The number of methoxy groups -OCH3 is 1. The van der Waals surface area contributed by atoms with Crippen LogP contribution < -0.4 is 10.6 Å². The zero-order valence-electron chi connectivity index (χ0n) is 16.9. The molecule has 156 valence electrons. The number of rotatable bonds is 11. The Morgan fingerprint density at radius 2 is 1.89 bits per heavy atom. The molecular weight excluding hydrogens is 460 g/mol. The summed E-state index contributed by atoms with van der Waals surface area (Å²) >= 11 is 0. The minimum absolute atomic E-state index is 0. The zero-order valence-corrected chi connectivity index (χ0v) is 19.2. The fourth-order valence-electron chi connectivity index (χ4n) is 2.90. The summed E-state index contributed by atoms with van der Waals surface area (Å²) in [5, 5.41) is 15.8. The van der Waals surface area contributed by atoms with Crippen LogP contribution in [0.3, 0.4) is 0 Å². The van der Waals surface area contributed by atoms with Crippen LogP contribution in [-0.2, 0) is 4.74 Å². The summed E-state index contributed by atoms with van der Waals surface area (Å²) in [6.45, 7) is 8.53. The van der Waals surface area contributed by atoms with Gasteiger partial charge in [-0.3, -0.25) is 4.99 Å². The van der Waals surface area contributed by atoms with Crippen molar-refractivity contribution in [3.8, 4) is 0 Å². The lowest BCUT2D eigenvalue weighted by Gasteiger charge is -2.20. The molecule has 0 aliphatic rings. The van der Waals surface area contributed by atoms with E-state index in [1.165, 1.54) is 12.1 Å². The quantitative estimate of drug-likeness (QED) is 0.249.